The van der Waals surface area contributed by atoms with Crippen molar-refractivity contribution in [3.63, 3.8) is 0 Å². The lowest BCUT2D eigenvalue weighted by Gasteiger charge is -2.17. The molecule has 2 saturated heterocycles. The van der Waals surface area contributed by atoms with Crippen LogP contribution in [-0.4, -0.2) is 54.9 Å². The average molecular weight is 1850 g/mol. The zero-order chi connectivity index (χ0) is 91.8. The number of allylic oxidation sites excluding steroid dienone is 37. The van der Waals surface area contributed by atoms with E-state index < -0.39 is 0 Å². The smallest absolute Gasteiger partial charge is 0.103 e. The van der Waals surface area contributed by atoms with Crippen molar-refractivity contribution in [2.24, 2.45) is 5.92 Å². The van der Waals surface area contributed by atoms with Crippen molar-refractivity contribution in [3.05, 3.63) is 304 Å². The van der Waals surface area contributed by atoms with Crippen molar-refractivity contribution in [1.29, 1.82) is 0 Å². The molecule has 7 nitrogen and oxygen atoms in total. The summed E-state index contributed by atoms with van der Waals surface area (Å²) in [4.78, 5) is 0. The maximum atomic E-state index is 5.71. The SMILES string of the molecule is CC/C=C\CC(C)C(/C=C/C=C/C=C\C/C=C\CCCCCC)OP.CC/C=C\CC(\C=C/C=C/C=C/C(C/C=C\CCCCCC)OP)OPP.CC/C=C\CC1OC1/C=C/C=C/C=C\C/C=C\CCCCCC.CCC=CCC(C=CC=CC=CC(CC=CCCCCCC)OP)OPP.CCC=CCC1OC1C=CC=CC=CCC=CCCCCCC. The monoisotopic (exact) mass is 1850 g/mol. The molecule has 0 N–H and O–H groups in total. The summed E-state index contributed by atoms with van der Waals surface area (Å²) in [5, 5.41) is 0. The van der Waals surface area contributed by atoms with E-state index in [1.807, 2.05) is 48.6 Å². The molecule has 0 spiro atoms. The van der Waals surface area contributed by atoms with Crippen LogP contribution in [0.25, 0.3) is 0 Å². The van der Waals surface area contributed by atoms with Gasteiger partial charge in [-0.05, 0) is 166 Å². The number of hydrogen-bond acceptors (Lipinski definition) is 7. The third-order valence-electron chi connectivity index (χ3n) is 19.5. The van der Waals surface area contributed by atoms with Gasteiger partial charge in [-0.15, -0.1) is 0 Å². The molecule has 0 aliphatic carbocycles. The Morgan fingerprint density at radius 1 is 0.264 bits per heavy atom. The Kier molecular flexibility index (Phi) is 109. The second-order valence-electron chi connectivity index (χ2n) is 31.0. The summed E-state index contributed by atoms with van der Waals surface area (Å²) in [5.41, 5.74) is 0. The molecule has 0 bridgehead atoms. The number of rotatable bonds is 75. The molecule has 706 valence electrons. The molecule has 17 atom stereocenters. The summed E-state index contributed by atoms with van der Waals surface area (Å²) >= 11 is 0. The Hall–Kier alpha value is -3.77. The van der Waals surface area contributed by atoms with E-state index >= 15 is 0 Å². The summed E-state index contributed by atoms with van der Waals surface area (Å²) in [7, 11) is 13.2. The number of hydrogen-bond donors (Lipinski definition) is 0. The van der Waals surface area contributed by atoms with E-state index in [4.69, 9.17) is 32.1 Å². The summed E-state index contributed by atoms with van der Waals surface area (Å²) < 4.78 is 38.9. The zero-order valence-electron chi connectivity index (χ0n) is 80.7. The van der Waals surface area contributed by atoms with Crippen LogP contribution < -0.4 is 0 Å². The lowest BCUT2D eigenvalue weighted by Crippen LogP contribution is -2.14. The first-order chi connectivity index (χ1) is 61.6. The molecule has 14 heteroatoms. The second kappa shape index (κ2) is 109. The molecule has 2 aliphatic rings. The average Bonchev–Trinajstić information content (AvgIpc) is 1.71. The molecule has 2 aliphatic heterocycles. The van der Waals surface area contributed by atoms with Crippen molar-refractivity contribution in [3.8, 4) is 0 Å². The molecular weight excluding hydrogens is 1660 g/mol. The minimum absolute atomic E-state index is 0.101. The standard InChI is InChI=1S/C23H39OP.2C22H39O2P3.2C22H34O/c1-4-6-8-9-10-11-12-13-14-15-16-17-19-21-23(24-25)22(3)20-18-7-5-2;2*1-3-5-7-8-9-10-14-17-21(23-25)18-15-11-12-16-20-22(24-27-26)19-13-6-4-2;2*1-3-5-7-8-9-10-11-12-13-14-15-16-18-20-22-21(23-22)19-17-6-4-2/h7,11-12,14-19,21-23H,4-6,8-10,13,20,25H2,1-3H3;2*6,10-16,18,20-22,27H,3-5,7-9,17,19,25-26H2,1-2H3;2*6,10-11,13-18,20-22H,3-5,7-9,12,19H2,1-2H3/b12-11-,15-14-,17-16+,18-7-,21-19+;12-11+,13-6-,14-10-,18-15+,20-16-;;11-10-,14-13-,16-15+,17-6-,20-18+;. The molecule has 2 fully saturated rings. The Balaban J connectivity index is -0.00000149. The highest BCUT2D eigenvalue weighted by atomic mass is 32.0. The Labute approximate surface area is 787 Å². The van der Waals surface area contributed by atoms with E-state index in [0.29, 0.717) is 47.3 Å². The maximum Gasteiger partial charge on any atom is 0.103 e. The van der Waals surface area contributed by atoms with Crippen LogP contribution in [0.2, 0.25) is 0 Å². The molecule has 17 unspecified atom stereocenters. The van der Waals surface area contributed by atoms with Gasteiger partial charge in [0.1, 0.15) is 12.2 Å². The molecule has 0 aromatic rings. The highest BCUT2D eigenvalue weighted by Crippen LogP contribution is 2.30. The third kappa shape index (κ3) is 99.1. The van der Waals surface area contributed by atoms with E-state index in [9.17, 15) is 0 Å². The van der Waals surface area contributed by atoms with Crippen molar-refractivity contribution >= 4 is 63.2 Å². The Morgan fingerprint density at radius 3 is 0.840 bits per heavy atom. The second-order valence-corrected chi connectivity index (χ2v) is 34.2. The Morgan fingerprint density at radius 2 is 0.536 bits per heavy atom. The maximum absolute atomic E-state index is 5.71. The molecular formula is C111H185O7P7. The minimum Gasteiger partial charge on any atom is -0.365 e. The van der Waals surface area contributed by atoms with E-state index in [0.717, 1.165) is 96.3 Å². The lowest BCUT2D eigenvalue weighted by atomic mass is 10.00. The fraction of sp³-hybridized carbons (Fsp3) is 0.550. The number of ether oxygens (including phenoxy) is 2. The van der Waals surface area contributed by atoms with Crippen LogP contribution in [0.15, 0.2) is 304 Å². The lowest BCUT2D eigenvalue weighted by molar-refractivity contribution is 0.222. The van der Waals surface area contributed by atoms with E-state index in [1.54, 1.807) is 0 Å². The van der Waals surface area contributed by atoms with Crippen molar-refractivity contribution < 1.29 is 32.1 Å². The van der Waals surface area contributed by atoms with Gasteiger partial charge in [0, 0.05) is 45.4 Å². The number of epoxide rings is 2. The fourth-order valence-corrected chi connectivity index (χ4v) is 14.4. The summed E-state index contributed by atoms with van der Waals surface area (Å²) in [6.45, 7) is 24.2. The predicted molar refractivity (Wildman–Crippen MR) is 586 cm³/mol. The van der Waals surface area contributed by atoms with Crippen molar-refractivity contribution in [2.45, 2.75) is 388 Å². The van der Waals surface area contributed by atoms with Crippen molar-refractivity contribution in [1.82, 2.24) is 0 Å². The molecule has 0 aromatic heterocycles. The highest BCUT2D eigenvalue weighted by Gasteiger charge is 2.35. The third-order valence-corrected chi connectivity index (χ3v) is 22.2. The van der Waals surface area contributed by atoms with Crippen LogP contribution in [-0.2, 0) is 32.1 Å². The van der Waals surface area contributed by atoms with Gasteiger partial charge < -0.3 is 32.1 Å². The Bertz CT molecular complexity index is 2940. The number of unbranched alkanes of at least 4 members (excludes halogenated alkanes) is 20. The van der Waals surface area contributed by atoms with Gasteiger partial charge in [0.05, 0.1) is 42.7 Å². The summed E-state index contributed by atoms with van der Waals surface area (Å²) in [6.07, 6.45) is 157. The van der Waals surface area contributed by atoms with Gasteiger partial charge in [0.25, 0.3) is 0 Å². The van der Waals surface area contributed by atoms with Gasteiger partial charge in [-0.3, -0.25) is 0 Å². The van der Waals surface area contributed by atoms with Crippen LogP contribution in [0.5, 0.6) is 0 Å². The first kappa shape index (κ1) is 125. The van der Waals surface area contributed by atoms with Gasteiger partial charge >= 0.3 is 0 Å². The first-order valence-corrected chi connectivity index (χ1v) is 55.6. The van der Waals surface area contributed by atoms with E-state index in [2.05, 4.69) is 378 Å². The van der Waals surface area contributed by atoms with Crippen LogP contribution in [0.4, 0.5) is 0 Å². The zero-order valence-corrected chi connectivity index (χ0v) is 88.4. The highest BCUT2D eigenvalue weighted by molar-refractivity contribution is 8.00. The molecule has 0 aromatic carbocycles. The van der Waals surface area contributed by atoms with Gasteiger partial charge in [-0.1, -0.05) is 494 Å². The molecule has 0 radical (unpaired) electrons. The fourth-order valence-electron chi connectivity index (χ4n) is 11.9. The van der Waals surface area contributed by atoms with E-state index in [1.165, 1.54) is 161 Å². The van der Waals surface area contributed by atoms with Gasteiger partial charge in [0.2, 0.25) is 0 Å². The van der Waals surface area contributed by atoms with Gasteiger partial charge in [-0.25, -0.2) is 0 Å². The predicted octanol–water partition coefficient (Wildman–Crippen LogP) is 36.9. The van der Waals surface area contributed by atoms with Crippen LogP contribution >= 0.6 is 63.2 Å². The minimum atomic E-state index is 0.101. The molecule has 125 heavy (non-hydrogen) atoms. The first-order valence-electron chi connectivity index (χ1n) is 48.7. The van der Waals surface area contributed by atoms with E-state index in [-0.39, 0.29) is 30.5 Å². The molecule has 0 amide bonds. The summed E-state index contributed by atoms with van der Waals surface area (Å²) in [5.74, 6) is 0.475. The molecule has 2 heterocycles. The van der Waals surface area contributed by atoms with Crippen molar-refractivity contribution in [2.75, 3.05) is 0 Å². The summed E-state index contributed by atoms with van der Waals surface area (Å²) in [6, 6.07) is 0. The largest absolute Gasteiger partial charge is 0.365 e. The molecule has 2 rings (SSSR count). The van der Waals surface area contributed by atoms with Gasteiger partial charge in [-0.2, -0.15) is 0 Å². The van der Waals surface area contributed by atoms with Crippen LogP contribution in [0, 0.1) is 5.92 Å². The van der Waals surface area contributed by atoms with Crippen LogP contribution in [0.3, 0.4) is 0 Å². The normalized spacial score (nSPS) is 17.9. The molecule has 0 saturated carbocycles. The van der Waals surface area contributed by atoms with Gasteiger partial charge in [0.15, 0.2) is 0 Å². The topological polar surface area (TPSA) is 71.2 Å². The quantitative estimate of drug-likeness (QED) is 0.0198. The van der Waals surface area contributed by atoms with Crippen LogP contribution in [0.1, 0.15) is 333 Å².